The van der Waals surface area contributed by atoms with Crippen LogP contribution in [-0.2, 0) is 11.3 Å². The Balaban J connectivity index is 2.27. The molecule has 0 radical (unpaired) electrons. The van der Waals surface area contributed by atoms with Gasteiger partial charge in [-0.15, -0.1) is 0 Å². The molecule has 96 valence electrons. The highest BCUT2D eigenvalue weighted by Crippen LogP contribution is 2.05. The van der Waals surface area contributed by atoms with Crippen LogP contribution >= 0.6 is 0 Å². The lowest BCUT2D eigenvalue weighted by atomic mass is 10.1. The summed E-state index contributed by atoms with van der Waals surface area (Å²) in [7, 11) is 1.37. The summed E-state index contributed by atoms with van der Waals surface area (Å²) in [6.45, 7) is 1.68. The van der Waals surface area contributed by atoms with E-state index in [2.05, 4.69) is 16.1 Å². The molecule has 0 aliphatic heterocycles. The highest BCUT2D eigenvalue weighted by molar-refractivity contribution is 5.89. The van der Waals surface area contributed by atoms with Crippen molar-refractivity contribution in [2.24, 2.45) is 0 Å². The third kappa shape index (κ3) is 4.98. The van der Waals surface area contributed by atoms with E-state index in [1.54, 1.807) is 12.1 Å². The van der Waals surface area contributed by atoms with E-state index in [0.717, 1.165) is 31.5 Å². The summed E-state index contributed by atoms with van der Waals surface area (Å²) < 4.78 is 4.63. The van der Waals surface area contributed by atoms with Gasteiger partial charge in [0.25, 0.3) is 0 Å². The second kappa shape index (κ2) is 8.26. The lowest BCUT2D eigenvalue weighted by Gasteiger charge is -2.05. The Kier molecular flexibility index (Phi) is 6.52. The summed E-state index contributed by atoms with van der Waals surface area (Å²) in [5.74, 6) is -0.314. The van der Waals surface area contributed by atoms with E-state index in [1.807, 2.05) is 12.1 Å². The number of carbonyl (C=O) groups is 1. The molecule has 0 amide bonds. The quantitative estimate of drug-likeness (QED) is 0.592. The van der Waals surface area contributed by atoms with Crippen LogP contribution < -0.4 is 5.32 Å². The van der Waals surface area contributed by atoms with Gasteiger partial charge in [-0.3, -0.25) is 0 Å². The number of ether oxygens (including phenoxy) is 1. The smallest absolute Gasteiger partial charge is 0.337 e. The van der Waals surface area contributed by atoms with Crippen molar-refractivity contribution in [2.45, 2.75) is 25.8 Å². The molecule has 0 bridgehead atoms. The Labute approximate surface area is 108 Å². The predicted octanol–water partition coefficient (Wildman–Crippen LogP) is 2.26. The molecule has 4 heteroatoms. The summed E-state index contributed by atoms with van der Waals surface area (Å²) in [4.78, 5) is 11.2. The van der Waals surface area contributed by atoms with Crippen LogP contribution in [0.4, 0.5) is 0 Å². The first-order chi connectivity index (χ1) is 8.77. The Hall–Kier alpha value is -1.86. The van der Waals surface area contributed by atoms with Crippen LogP contribution in [-0.4, -0.2) is 19.6 Å². The molecule has 0 aromatic heterocycles. The summed E-state index contributed by atoms with van der Waals surface area (Å²) in [5, 5.41) is 11.7. The molecule has 0 saturated carbocycles. The van der Waals surface area contributed by atoms with Crippen molar-refractivity contribution >= 4 is 5.97 Å². The molecule has 0 saturated heterocycles. The van der Waals surface area contributed by atoms with Gasteiger partial charge in [-0.25, -0.2) is 4.79 Å². The summed E-state index contributed by atoms with van der Waals surface area (Å²) in [5.41, 5.74) is 1.69. The molecule has 0 heterocycles. The van der Waals surface area contributed by atoms with Crippen LogP contribution in [0.15, 0.2) is 24.3 Å². The standard InChI is InChI=1S/C14H18N2O2/c1-18-14(17)13-7-5-12(6-8-13)11-16-10-4-2-3-9-15/h5-8,16H,2-4,10-11H2,1H3. The number of esters is 1. The lowest BCUT2D eigenvalue weighted by Crippen LogP contribution is -2.14. The number of carbonyl (C=O) groups excluding carboxylic acids is 1. The molecule has 0 fully saturated rings. The average Bonchev–Trinajstić information content (AvgIpc) is 2.42. The van der Waals surface area contributed by atoms with Gasteiger partial charge in [0.1, 0.15) is 0 Å². The molecule has 0 atom stereocenters. The number of nitriles is 1. The van der Waals surface area contributed by atoms with Crippen molar-refractivity contribution in [3.63, 3.8) is 0 Å². The minimum atomic E-state index is -0.314. The topological polar surface area (TPSA) is 62.1 Å². The van der Waals surface area contributed by atoms with Crippen molar-refractivity contribution in [1.82, 2.24) is 5.32 Å². The molecule has 1 aromatic carbocycles. The second-order valence-corrected chi connectivity index (χ2v) is 3.98. The molecule has 1 N–H and O–H groups in total. The van der Waals surface area contributed by atoms with E-state index in [-0.39, 0.29) is 5.97 Å². The maximum absolute atomic E-state index is 11.2. The van der Waals surface area contributed by atoms with Gasteiger partial charge in [0.2, 0.25) is 0 Å². The van der Waals surface area contributed by atoms with Crippen molar-refractivity contribution < 1.29 is 9.53 Å². The first-order valence-electron chi connectivity index (χ1n) is 6.03. The second-order valence-electron chi connectivity index (χ2n) is 3.98. The Morgan fingerprint density at radius 2 is 2.06 bits per heavy atom. The van der Waals surface area contributed by atoms with E-state index in [1.165, 1.54) is 7.11 Å². The van der Waals surface area contributed by atoms with Gasteiger partial charge in [-0.2, -0.15) is 5.26 Å². The zero-order chi connectivity index (χ0) is 13.2. The maximum Gasteiger partial charge on any atom is 0.337 e. The summed E-state index contributed by atoms with van der Waals surface area (Å²) in [6.07, 6.45) is 2.56. The Morgan fingerprint density at radius 1 is 1.33 bits per heavy atom. The van der Waals surface area contributed by atoms with Crippen LogP contribution in [0.5, 0.6) is 0 Å². The number of hydrogen-bond donors (Lipinski definition) is 1. The van der Waals surface area contributed by atoms with Crippen LogP contribution in [0.2, 0.25) is 0 Å². The zero-order valence-corrected chi connectivity index (χ0v) is 10.6. The van der Waals surface area contributed by atoms with Gasteiger partial charge in [0.15, 0.2) is 0 Å². The van der Waals surface area contributed by atoms with Crippen molar-refractivity contribution in [3.05, 3.63) is 35.4 Å². The summed E-state index contributed by atoms with van der Waals surface area (Å²) in [6, 6.07) is 9.47. The van der Waals surface area contributed by atoms with Crippen LogP contribution in [0.25, 0.3) is 0 Å². The van der Waals surface area contributed by atoms with E-state index in [9.17, 15) is 4.79 Å². The highest BCUT2D eigenvalue weighted by atomic mass is 16.5. The van der Waals surface area contributed by atoms with Crippen molar-refractivity contribution in [3.8, 4) is 6.07 Å². The van der Waals surface area contributed by atoms with Gasteiger partial charge in [-0.05, 0) is 37.1 Å². The fraction of sp³-hybridized carbons (Fsp3) is 0.429. The van der Waals surface area contributed by atoms with Gasteiger partial charge < -0.3 is 10.1 Å². The molecule has 1 rings (SSSR count). The van der Waals surface area contributed by atoms with Crippen LogP contribution in [0.3, 0.4) is 0 Å². The fourth-order valence-electron chi connectivity index (χ4n) is 1.56. The third-order valence-electron chi connectivity index (χ3n) is 2.60. The highest BCUT2D eigenvalue weighted by Gasteiger charge is 2.03. The van der Waals surface area contributed by atoms with Crippen molar-refractivity contribution in [1.29, 1.82) is 5.26 Å². The number of rotatable bonds is 7. The molecule has 0 unspecified atom stereocenters. The lowest BCUT2D eigenvalue weighted by molar-refractivity contribution is 0.0600. The van der Waals surface area contributed by atoms with Gasteiger partial charge >= 0.3 is 5.97 Å². The van der Waals surface area contributed by atoms with E-state index in [0.29, 0.717) is 12.0 Å². The first-order valence-corrected chi connectivity index (χ1v) is 6.03. The third-order valence-corrected chi connectivity index (χ3v) is 2.60. The van der Waals surface area contributed by atoms with E-state index in [4.69, 9.17) is 5.26 Å². The molecule has 0 aliphatic rings. The van der Waals surface area contributed by atoms with Crippen LogP contribution in [0.1, 0.15) is 35.2 Å². The molecule has 1 aromatic rings. The van der Waals surface area contributed by atoms with Crippen molar-refractivity contribution in [2.75, 3.05) is 13.7 Å². The molecule has 4 nitrogen and oxygen atoms in total. The number of unbranched alkanes of at least 4 members (excludes halogenated alkanes) is 2. The average molecular weight is 246 g/mol. The zero-order valence-electron chi connectivity index (χ0n) is 10.6. The number of hydrogen-bond acceptors (Lipinski definition) is 4. The largest absolute Gasteiger partial charge is 0.465 e. The summed E-state index contributed by atoms with van der Waals surface area (Å²) >= 11 is 0. The van der Waals surface area contributed by atoms with E-state index >= 15 is 0 Å². The van der Waals surface area contributed by atoms with Gasteiger partial charge in [-0.1, -0.05) is 12.1 Å². The Bertz CT molecular complexity index is 407. The number of nitrogens with zero attached hydrogens (tertiary/aromatic N) is 1. The molecule has 0 spiro atoms. The number of methoxy groups -OCH3 is 1. The monoisotopic (exact) mass is 246 g/mol. The molecular formula is C14H18N2O2. The predicted molar refractivity (Wildman–Crippen MR) is 69.0 cm³/mol. The first kappa shape index (κ1) is 14.2. The minimum absolute atomic E-state index is 0.314. The molecule has 18 heavy (non-hydrogen) atoms. The number of nitrogens with one attached hydrogen (secondary N) is 1. The fourth-order valence-corrected chi connectivity index (χ4v) is 1.56. The normalized spacial score (nSPS) is 9.78. The minimum Gasteiger partial charge on any atom is -0.465 e. The van der Waals surface area contributed by atoms with Crippen LogP contribution in [0, 0.1) is 11.3 Å². The maximum atomic E-state index is 11.2. The van der Waals surface area contributed by atoms with Gasteiger partial charge in [0.05, 0.1) is 18.7 Å². The molecule has 0 aliphatic carbocycles. The Morgan fingerprint density at radius 3 is 2.67 bits per heavy atom. The number of benzene rings is 1. The molecular weight excluding hydrogens is 228 g/mol. The van der Waals surface area contributed by atoms with E-state index < -0.39 is 0 Å². The SMILES string of the molecule is COC(=O)c1ccc(CNCCCCC#N)cc1. The van der Waals surface area contributed by atoms with Gasteiger partial charge in [0, 0.05) is 13.0 Å².